The van der Waals surface area contributed by atoms with Crippen molar-refractivity contribution in [3.8, 4) is 0 Å². The van der Waals surface area contributed by atoms with Crippen molar-refractivity contribution in [2.75, 3.05) is 0 Å². The van der Waals surface area contributed by atoms with E-state index in [-0.39, 0.29) is 12.5 Å². The number of carboxylic acids is 1. The van der Waals surface area contributed by atoms with Crippen molar-refractivity contribution in [2.45, 2.75) is 57.9 Å². The van der Waals surface area contributed by atoms with Crippen LogP contribution in [-0.2, 0) is 16.1 Å². The fourth-order valence-electron chi connectivity index (χ4n) is 2.05. The van der Waals surface area contributed by atoms with Crippen LogP contribution >= 0.6 is 0 Å². The summed E-state index contributed by atoms with van der Waals surface area (Å²) in [6, 6.07) is 9.72. The summed E-state index contributed by atoms with van der Waals surface area (Å²) in [6.07, 6.45) is 0.884. The maximum Gasteiger partial charge on any atom is 0.306 e. The van der Waals surface area contributed by atoms with Gasteiger partial charge in [-0.05, 0) is 12.0 Å². The Bertz CT molecular complexity index is 381. The van der Waals surface area contributed by atoms with Crippen LogP contribution in [0, 0.1) is 0 Å². The summed E-state index contributed by atoms with van der Waals surface area (Å²) in [7, 11) is 0. The first-order valence-corrected chi connectivity index (χ1v) is 7.13. The fraction of sp³-hybridized carbons (Fsp3) is 0.562. The van der Waals surface area contributed by atoms with Gasteiger partial charge in [0.15, 0.2) is 0 Å². The van der Waals surface area contributed by atoms with Gasteiger partial charge in [-0.3, -0.25) is 4.79 Å². The van der Waals surface area contributed by atoms with Crippen LogP contribution < -0.4 is 0 Å². The third-order valence-electron chi connectivity index (χ3n) is 3.12. The van der Waals surface area contributed by atoms with Crippen LogP contribution in [0.3, 0.4) is 0 Å². The van der Waals surface area contributed by atoms with Crippen LogP contribution in [-0.4, -0.2) is 23.4 Å². The second-order valence-electron chi connectivity index (χ2n) is 4.99. The molecule has 0 amide bonds. The molecule has 1 aromatic rings. The zero-order valence-electron chi connectivity index (χ0n) is 11.9. The summed E-state index contributed by atoms with van der Waals surface area (Å²) >= 11 is 0. The van der Waals surface area contributed by atoms with E-state index in [1.165, 1.54) is 0 Å². The lowest BCUT2D eigenvalue weighted by Crippen LogP contribution is -2.20. The third-order valence-corrected chi connectivity index (χ3v) is 3.12. The molecule has 112 valence electrons. The molecule has 4 heteroatoms. The average molecular weight is 282 g/mol. The lowest BCUT2D eigenvalue weighted by Gasteiger charge is -2.19. The van der Waals surface area contributed by atoms with Crippen LogP contribution in [0.15, 0.2) is 30.3 Å². The molecule has 0 fully saturated rings. The van der Waals surface area contributed by atoms with Gasteiger partial charge in [0, 0.05) is 6.42 Å². The number of alkyl halides is 1. The summed E-state index contributed by atoms with van der Waals surface area (Å²) < 4.78 is 19.3. The van der Waals surface area contributed by atoms with Crippen molar-refractivity contribution in [3.63, 3.8) is 0 Å². The van der Waals surface area contributed by atoms with Crippen molar-refractivity contribution >= 4 is 5.97 Å². The van der Waals surface area contributed by atoms with E-state index < -0.39 is 18.6 Å². The second-order valence-corrected chi connectivity index (χ2v) is 4.99. The van der Waals surface area contributed by atoms with Gasteiger partial charge in [-0.1, -0.05) is 50.1 Å². The maximum absolute atomic E-state index is 13.6. The summed E-state index contributed by atoms with van der Waals surface area (Å²) in [5.41, 5.74) is 1.04. The number of benzene rings is 1. The summed E-state index contributed by atoms with van der Waals surface area (Å²) in [6.45, 7) is 2.51. The van der Waals surface area contributed by atoms with E-state index in [0.29, 0.717) is 6.61 Å². The van der Waals surface area contributed by atoms with Gasteiger partial charge in [0.1, 0.15) is 6.17 Å². The highest BCUT2D eigenvalue weighted by atomic mass is 19.1. The Balaban J connectivity index is 2.44. The van der Waals surface area contributed by atoms with Crippen LogP contribution in [0.4, 0.5) is 4.39 Å². The minimum absolute atomic E-state index is 0.152. The molecule has 0 unspecified atom stereocenters. The number of aliphatic carboxylic acids is 1. The minimum Gasteiger partial charge on any atom is -0.481 e. The zero-order chi connectivity index (χ0) is 14.8. The Morgan fingerprint density at radius 1 is 1.35 bits per heavy atom. The van der Waals surface area contributed by atoms with Crippen LogP contribution in [0.2, 0.25) is 0 Å². The fourth-order valence-corrected chi connectivity index (χ4v) is 2.05. The van der Waals surface area contributed by atoms with Crippen molar-refractivity contribution in [2.24, 2.45) is 0 Å². The van der Waals surface area contributed by atoms with Crippen LogP contribution in [0.5, 0.6) is 0 Å². The van der Waals surface area contributed by atoms with Crippen molar-refractivity contribution in [3.05, 3.63) is 35.9 Å². The Morgan fingerprint density at radius 3 is 2.65 bits per heavy atom. The van der Waals surface area contributed by atoms with Crippen molar-refractivity contribution < 1.29 is 19.0 Å². The number of halogens is 1. The molecule has 0 radical (unpaired) electrons. The van der Waals surface area contributed by atoms with Crippen molar-refractivity contribution in [1.82, 2.24) is 0 Å². The third kappa shape index (κ3) is 7.24. The summed E-state index contributed by atoms with van der Waals surface area (Å²) in [5, 5.41) is 8.60. The first-order valence-electron chi connectivity index (χ1n) is 7.13. The van der Waals surface area contributed by atoms with Gasteiger partial charge < -0.3 is 9.84 Å². The zero-order valence-corrected chi connectivity index (χ0v) is 11.9. The lowest BCUT2D eigenvalue weighted by atomic mass is 10.0. The maximum atomic E-state index is 13.6. The second kappa shape index (κ2) is 9.48. The van der Waals surface area contributed by atoms with Gasteiger partial charge in [-0.15, -0.1) is 0 Å². The molecule has 3 nitrogen and oxygen atoms in total. The van der Waals surface area contributed by atoms with E-state index in [0.717, 1.165) is 24.8 Å². The van der Waals surface area contributed by atoms with E-state index in [1.807, 2.05) is 30.3 Å². The van der Waals surface area contributed by atoms with Gasteiger partial charge in [0.05, 0.1) is 19.1 Å². The highest BCUT2D eigenvalue weighted by Gasteiger charge is 2.19. The lowest BCUT2D eigenvalue weighted by molar-refractivity contribution is -0.138. The van der Waals surface area contributed by atoms with Crippen LogP contribution in [0.25, 0.3) is 0 Å². The molecule has 0 aliphatic carbocycles. The smallest absolute Gasteiger partial charge is 0.306 e. The highest BCUT2D eigenvalue weighted by molar-refractivity contribution is 5.67. The molecular formula is C16H23FO3. The molecule has 0 aromatic heterocycles. The Labute approximate surface area is 119 Å². The first kappa shape index (κ1) is 16.6. The molecule has 0 aliphatic heterocycles. The first-order chi connectivity index (χ1) is 9.61. The standard InChI is InChI=1S/C16H23FO3/c1-2-3-9-15(10-14(17)11-16(18)19)20-12-13-7-5-4-6-8-13/h4-8,14-15H,2-3,9-12H2,1H3,(H,18,19)/t14-,15+/m1/s1. The largest absolute Gasteiger partial charge is 0.481 e. The highest BCUT2D eigenvalue weighted by Crippen LogP contribution is 2.17. The molecule has 1 N–H and O–H groups in total. The molecule has 1 rings (SSSR count). The van der Waals surface area contributed by atoms with E-state index in [2.05, 4.69) is 6.92 Å². The molecule has 1 aromatic carbocycles. The number of hydrogen-bond donors (Lipinski definition) is 1. The number of ether oxygens (including phenoxy) is 1. The minimum atomic E-state index is -1.34. The number of hydrogen-bond acceptors (Lipinski definition) is 2. The topological polar surface area (TPSA) is 46.5 Å². The predicted molar refractivity (Wildman–Crippen MR) is 76.3 cm³/mol. The van der Waals surface area contributed by atoms with E-state index in [1.54, 1.807) is 0 Å². The Kier molecular flexibility index (Phi) is 7.88. The Morgan fingerprint density at radius 2 is 2.05 bits per heavy atom. The predicted octanol–water partition coefficient (Wildman–Crippen LogP) is 3.96. The van der Waals surface area contributed by atoms with E-state index >= 15 is 0 Å². The van der Waals surface area contributed by atoms with Crippen LogP contribution in [0.1, 0.15) is 44.6 Å². The molecule has 0 bridgehead atoms. The molecule has 2 atom stereocenters. The number of rotatable bonds is 10. The number of carboxylic acid groups (broad SMARTS) is 1. The molecule has 0 heterocycles. The van der Waals surface area contributed by atoms with Gasteiger partial charge >= 0.3 is 5.97 Å². The molecule has 0 saturated heterocycles. The number of carbonyl (C=O) groups is 1. The Hall–Kier alpha value is -1.42. The normalized spacial score (nSPS) is 13.9. The molecular weight excluding hydrogens is 259 g/mol. The molecule has 0 spiro atoms. The summed E-state index contributed by atoms with van der Waals surface area (Å²) in [5.74, 6) is -1.10. The SMILES string of the molecule is CCCC[C@@H](C[C@@H](F)CC(=O)O)OCc1ccccc1. The number of unbranched alkanes of at least 4 members (excludes halogenated alkanes) is 1. The van der Waals surface area contributed by atoms with Crippen molar-refractivity contribution in [1.29, 1.82) is 0 Å². The molecule has 20 heavy (non-hydrogen) atoms. The van der Waals surface area contributed by atoms with Gasteiger partial charge in [0.25, 0.3) is 0 Å². The van der Waals surface area contributed by atoms with Gasteiger partial charge in [-0.2, -0.15) is 0 Å². The van der Waals surface area contributed by atoms with Gasteiger partial charge in [0.2, 0.25) is 0 Å². The molecule has 0 aliphatic rings. The molecule has 0 saturated carbocycles. The quantitative estimate of drug-likeness (QED) is 0.706. The van der Waals surface area contributed by atoms with Gasteiger partial charge in [-0.25, -0.2) is 4.39 Å². The van der Waals surface area contributed by atoms with E-state index in [4.69, 9.17) is 9.84 Å². The monoisotopic (exact) mass is 282 g/mol. The van der Waals surface area contributed by atoms with E-state index in [9.17, 15) is 9.18 Å². The summed E-state index contributed by atoms with van der Waals surface area (Å²) in [4.78, 5) is 10.5. The average Bonchev–Trinajstić information content (AvgIpc) is 2.42.